The molecule has 0 radical (unpaired) electrons. The summed E-state index contributed by atoms with van der Waals surface area (Å²) in [5, 5.41) is 28.8. The van der Waals surface area contributed by atoms with Gasteiger partial charge in [-0.2, -0.15) is 0 Å². The molecule has 0 aliphatic carbocycles. The highest BCUT2D eigenvalue weighted by Gasteiger charge is 2.26. The number of phenolic OH excluding ortho intramolecular Hbond substituents is 2. The maximum atomic E-state index is 10.8. The number of rotatable bonds is 2. The Kier molecular flexibility index (Phi) is 4.49. The van der Waals surface area contributed by atoms with Crippen molar-refractivity contribution >= 4 is 5.71 Å². The van der Waals surface area contributed by atoms with Crippen LogP contribution in [0, 0.1) is 5.41 Å². The molecule has 0 saturated heterocycles. The maximum absolute atomic E-state index is 10.8. The van der Waals surface area contributed by atoms with E-state index in [1.807, 2.05) is 12.1 Å². The van der Waals surface area contributed by atoms with Gasteiger partial charge < -0.3 is 10.2 Å². The lowest BCUT2D eigenvalue weighted by molar-refractivity contribution is 0.443. The molecule has 0 amide bonds. The summed E-state index contributed by atoms with van der Waals surface area (Å²) in [4.78, 5) is 0. The van der Waals surface area contributed by atoms with Crippen molar-refractivity contribution in [2.24, 2.45) is 0 Å². The van der Waals surface area contributed by atoms with Gasteiger partial charge in [0.25, 0.3) is 0 Å². The number of nitrogens with one attached hydrogen (secondary N) is 1. The van der Waals surface area contributed by atoms with Gasteiger partial charge in [-0.3, -0.25) is 5.41 Å². The quantitative estimate of drug-likeness (QED) is 0.672. The van der Waals surface area contributed by atoms with Crippen molar-refractivity contribution in [1.29, 1.82) is 5.41 Å². The van der Waals surface area contributed by atoms with Crippen LogP contribution >= 0.6 is 0 Å². The van der Waals surface area contributed by atoms with Gasteiger partial charge in [-0.15, -0.1) is 0 Å². The van der Waals surface area contributed by atoms with Crippen LogP contribution in [0.25, 0.3) is 0 Å². The van der Waals surface area contributed by atoms with E-state index in [1.165, 1.54) is 0 Å². The fourth-order valence-corrected chi connectivity index (χ4v) is 2.61. The molecule has 2 aromatic carbocycles. The molecule has 0 aliphatic heterocycles. The van der Waals surface area contributed by atoms with Gasteiger partial charge in [0.15, 0.2) is 0 Å². The molecule has 0 fully saturated rings. The van der Waals surface area contributed by atoms with Crippen molar-refractivity contribution in [3.05, 3.63) is 58.7 Å². The number of hydrogen-bond acceptors (Lipinski definition) is 3. The first kappa shape index (κ1) is 18.1. The first-order chi connectivity index (χ1) is 10.9. The zero-order valence-electron chi connectivity index (χ0n) is 15.4. The molecule has 24 heavy (non-hydrogen) atoms. The van der Waals surface area contributed by atoms with Crippen molar-refractivity contribution in [1.82, 2.24) is 0 Å². The second-order valence-electron chi connectivity index (χ2n) is 8.34. The van der Waals surface area contributed by atoms with E-state index < -0.39 is 0 Å². The molecule has 0 saturated carbocycles. The van der Waals surface area contributed by atoms with Crippen LogP contribution in [0.4, 0.5) is 0 Å². The monoisotopic (exact) mass is 325 g/mol. The Morgan fingerprint density at radius 2 is 1.38 bits per heavy atom. The molecular formula is C21H27NO2. The molecule has 2 aromatic rings. The molecule has 0 spiro atoms. The number of hydrogen-bond donors (Lipinski definition) is 3. The maximum Gasteiger partial charge on any atom is 0.128 e. The Morgan fingerprint density at radius 3 is 1.83 bits per heavy atom. The summed E-state index contributed by atoms with van der Waals surface area (Å²) in [5.74, 6) is 0.322. The minimum absolute atomic E-state index is 0.0856. The third kappa shape index (κ3) is 3.61. The van der Waals surface area contributed by atoms with Gasteiger partial charge in [-0.25, -0.2) is 0 Å². The Balaban J connectivity index is 2.68. The normalized spacial score (nSPS) is 12.2. The zero-order valence-corrected chi connectivity index (χ0v) is 15.4. The average molecular weight is 325 g/mol. The number of phenols is 2. The molecule has 128 valence electrons. The van der Waals surface area contributed by atoms with E-state index in [0.717, 1.165) is 11.1 Å². The van der Waals surface area contributed by atoms with E-state index in [0.29, 0.717) is 11.1 Å². The molecule has 3 nitrogen and oxygen atoms in total. The van der Waals surface area contributed by atoms with Crippen LogP contribution in [0.1, 0.15) is 63.8 Å². The Labute approximate surface area is 144 Å². The second-order valence-corrected chi connectivity index (χ2v) is 8.34. The molecule has 0 aliphatic rings. The van der Waals surface area contributed by atoms with Crippen LogP contribution in [0.2, 0.25) is 0 Å². The summed E-state index contributed by atoms with van der Waals surface area (Å²) in [6, 6.07) is 10.4. The van der Waals surface area contributed by atoms with E-state index in [4.69, 9.17) is 5.41 Å². The Bertz CT molecular complexity index is 760. The van der Waals surface area contributed by atoms with Crippen LogP contribution in [0.5, 0.6) is 11.5 Å². The Morgan fingerprint density at radius 1 is 0.833 bits per heavy atom. The molecule has 2 rings (SSSR count). The highest BCUT2D eigenvalue weighted by Crippen LogP contribution is 2.38. The predicted octanol–water partition coefficient (Wildman–Crippen LogP) is 5.11. The SMILES string of the molecule is CC(C)(C)c1cc(C(=N)c2ccc(O)cc2)c(O)c(C(C)(C)C)c1. The third-order valence-corrected chi connectivity index (χ3v) is 4.21. The van der Waals surface area contributed by atoms with Crippen molar-refractivity contribution in [3.63, 3.8) is 0 Å². The van der Waals surface area contributed by atoms with Gasteiger partial charge in [0, 0.05) is 16.7 Å². The lowest BCUT2D eigenvalue weighted by Crippen LogP contribution is -2.18. The molecular weight excluding hydrogens is 298 g/mol. The molecule has 0 bridgehead atoms. The molecule has 0 atom stereocenters. The van der Waals surface area contributed by atoms with Crippen molar-refractivity contribution in [3.8, 4) is 11.5 Å². The van der Waals surface area contributed by atoms with Crippen LogP contribution in [0.3, 0.4) is 0 Å². The number of benzene rings is 2. The standard InChI is InChI=1S/C21H27NO2/c1-20(2,3)14-11-16(19(24)17(12-14)21(4,5)6)18(22)13-7-9-15(23)10-8-13/h7-12,22-24H,1-6H3. The van der Waals surface area contributed by atoms with Crippen LogP contribution in [-0.2, 0) is 10.8 Å². The minimum atomic E-state index is -0.227. The fourth-order valence-electron chi connectivity index (χ4n) is 2.61. The van der Waals surface area contributed by atoms with E-state index >= 15 is 0 Å². The van der Waals surface area contributed by atoms with Gasteiger partial charge in [0.05, 0.1) is 5.71 Å². The second kappa shape index (κ2) is 5.97. The van der Waals surface area contributed by atoms with Crippen molar-refractivity contribution < 1.29 is 10.2 Å². The van der Waals surface area contributed by atoms with E-state index in [9.17, 15) is 10.2 Å². The largest absolute Gasteiger partial charge is 0.508 e. The van der Waals surface area contributed by atoms with Crippen molar-refractivity contribution in [2.45, 2.75) is 52.4 Å². The highest BCUT2D eigenvalue weighted by atomic mass is 16.3. The first-order valence-electron chi connectivity index (χ1n) is 8.17. The summed E-state index contributed by atoms with van der Waals surface area (Å²) >= 11 is 0. The molecule has 3 heteroatoms. The van der Waals surface area contributed by atoms with E-state index in [1.54, 1.807) is 24.3 Å². The summed E-state index contributed by atoms with van der Waals surface area (Å²) in [6.07, 6.45) is 0. The van der Waals surface area contributed by atoms with Gasteiger partial charge in [-0.05, 0) is 46.7 Å². The lowest BCUT2D eigenvalue weighted by Gasteiger charge is -2.27. The summed E-state index contributed by atoms with van der Waals surface area (Å²) in [6.45, 7) is 12.5. The van der Waals surface area contributed by atoms with Gasteiger partial charge in [0.2, 0.25) is 0 Å². The smallest absolute Gasteiger partial charge is 0.128 e. The average Bonchev–Trinajstić information content (AvgIpc) is 2.45. The molecule has 0 unspecified atom stereocenters. The topological polar surface area (TPSA) is 64.3 Å². The highest BCUT2D eigenvalue weighted by molar-refractivity contribution is 6.12. The predicted molar refractivity (Wildman–Crippen MR) is 99.5 cm³/mol. The summed E-state index contributed by atoms with van der Waals surface area (Å²) in [7, 11) is 0. The van der Waals surface area contributed by atoms with Gasteiger partial charge >= 0.3 is 0 Å². The van der Waals surface area contributed by atoms with Crippen LogP contribution in [-0.4, -0.2) is 15.9 Å². The molecule has 3 N–H and O–H groups in total. The van der Waals surface area contributed by atoms with E-state index in [2.05, 4.69) is 41.5 Å². The number of aromatic hydroxyl groups is 2. The fraction of sp³-hybridized carbons (Fsp3) is 0.381. The Hall–Kier alpha value is -2.29. The lowest BCUT2D eigenvalue weighted by atomic mass is 9.78. The summed E-state index contributed by atoms with van der Waals surface area (Å²) in [5.41, 5.74) is 3.06. The summed E-state index contributed by atoms with van der Waals surface area (Å²) < 4.78 is 0. The van der Waals surface area contributed by atoms with Gasteiger partial charge in [-0.1, -0.05) is 47.6 Å². The molecule has 0 aromatic heterocycles. The molecule has 0 heterocycles. The zero-order chi connectivity index (χ0) is 18.3. The third-order valence-electron chi connectivity index (χ3n) is 4.21. The van der Waals surface area contributed by atoms with Gasteiger partial charge in [0.1, 0.15) is 11.5 Å². The minimum Gasteiger partial charge on any atom is -0.508 e. The van der Waals surface area contributed by atoms with E-state index in [-0.39, 0.29) is 28.0 Å². The van der Waals surface area contributed by atoms with Crippen molar-refractivity contribution in [2.75, 3.05) is 0 Å². The van der Waals surface area contributed by atoms with Crippen LogP contribution in [0.15, 0.2) is 36.4 Å². The van der Waals surface area contributed by atoms with Crippen LogP contribution < -0.4 is 0 Å². The first-order valence-corrected chi connectivity index (χ1v) is 8.17.